The van der Waals surface area contributed by atoms with E-state index in [1.54, 1.807) is 6.92 Å². The normalized spacial score (nSPS) is 14.2. The molecule has 94 valence electrons. The summed E-state index contributed by atoms with van der Waals surface area (Å²) in [4.78, 5) is 11.6. The van der Waals surface area contributed by atoms with E-state index in [1.807, 2.05) is 25.1 Å². The van der Waals surface area contributed by atoms with Crippen LogP contribution in [0.3, 0.4) is 0 Å². The highest BCUT2D eigenvalue weighted by atomic mass is 16.2. The summed E-state index contributed by atoms with van der Waals surface area (Å²) in [5.74, 6) is -0.129. The molecule has 0 heterocycles. The van der Waals surface area contributed by atoms with Gasteiger partial charge in [0, 0.05) is 0 Å². The van der Waals surface area contributed by atoms with Crippen molar-refractivity contribution in [3.8, 4) is 0 Å². The van der Waals surface area contributed by atoms with E-state index in [-0.39, 0.29) is 11.9 Å². The van der Waals surface area contributed by atoms with Crippen molar-refractivity contribution in [2.24, 2.45) is 5.73 Å². The third-order valence-electron chi connectivity index (χ3n) is 3.05. The second kappa shape index (κ2) is 5.19. The van der Waals surface area contributed by atoms with Gasteiger partial charge in [0.2, 0.25) is 5.91 Å². The van der Waals surface area contributed by atoms with Gasteiger partial charge in [-0.05, 0) is 36.2 Å². The SMILES string of the molecule is CC(N)C(=O)NC(C)c1ccc2ccccc2c1. The van der Waals surface area contributed by atoms with Crippen LogP contribution in [0.4, 0.5) is 0 Å². The quantitative estimate of drug-likeness (QED) is 0.868. The average molecular weight is 242 g/mol. The molecule has 2 atom stereocenters. The highest BCUT2D eigenvalue weighted by molar-refractivity contribution is 5.84. The smallest absolute Gasteiger partial charge is 0.237 e. The van der Waals surface area contributed by atoms with Gasteiger partial charge in [0.15, 0.2) is 0 Å². The lowest BCUT2D eigenvalue weighted by Crippen LogP contribution is -2.39. The molecule has 0 aliphatic carbocycles. The van der Waals surface area contributed by atoms with E-state index in [9.17, 15) is 4.79 Å². The Labute approximate surface area is 107 Å². The first-order chi connectivity index (χ1) is 8.58. The maximum Gasteiger partial charge on any atom is 0.237 e. The number of carbonyl (C=O) groups excluding carboxylic acids is 1. The predicted molar refractivity (Wildman–Crippen MR) is 74.2 cm³/mol. The molecular weight excluding hydrogens is 224 g/mol. The number of benzene rings is 2. The first kappa shape index (κ1) is 12.6. The van der Waals surface area contributed by atoms with Gasteiger partial charge in [0.25, 0.3) is 0 Å². The zero-order valence-corrected chi connectivity index (χ0v) is 10.7. The number of hydrogen-bond donors (Lipinski definition) is 2. The topological polar surface area (TPSA) is 55.1 Å². The Morgan fingerprint density at radius 2 is 1.78 bits per heavy atom. The summed E-state index contributed by atoms with van der Waals surface area (Å²) in [7, 11) is 0. The van der Waals surface area contributed by atoms with Crippen molar-refractivity contribution < 1.29 is 4.79 Å². The highest BCUT2D eigenvalue weighted by Gasteiger charge is 2.12. The van der Waals surface area contributed by atoms with Gasteiger partial charge in [-0.3, -0.25) is 4.79 Å². The van der Waals surface area contributed by atoms with Gasteiger partial charge in [0.1, 0.15) is 0 Å². The fraction of sp³-hybridized carbons (Fsp3) is 0.267. The molecule has 1 amide bonds. The molecule has 2 rings (SSSR count). The first-order valence-corrected chi connectivity index (χ1v) is 6.12. The second-order valence-corrected chi connectivity index (χ2v) is 4.63. The van der Waals surface area contributed by atoms with Crippen LogP contribution in [-0.4, -0.2) is 11.9 Å². The van der Waals surface area contributed by atoms with Crippen LogP contribution >= 0.6 is 0 Å². The maximum absolute atomic E-state index is 11.6. The molecule has 0 fully saturated rings. The molecule has 0 aliphatic rings. The summed E-state index contributed by atoms with van der Waals surface area (Å²) < 4.78 is 0. The average Bonchev–Trinajstić information content (AvgIpc) is 2.37. The number of amides is 1. The number of fused-ring (bicyclic) bond motifs is 1. The van der Waals surface area contributed by atoms with Gasteiger partial charge in [-0.2, -0.15) is 0 Å². The number of nitrogens with two attached hydrogens (primary N) is 1. The Morgan fingerprint density at radius 1 is 1.11 bits per heavy atom. The third-order valence-corrected chi connectivity index (χ3v) is 3.05. The van der Waals surface area contributed by atoms with E-state index in [1.165, 1.54) is 10.8 Å². The van der Waals surface area contributed by atoms with E-state index >= 15 is 0 Å². The summed E-state index contributed by atoms with van der Waals surface area (Å²) in [6.07, 6.45) is 0. The molecule has 0 aromatic heterocycles. The Balaban J connectivity index is 2.22. The molecule has 0 saturated heterocycles. The lowest BCUT2D eigenvalue weighted by atomic mass is 10.0. The van der Waals surface area contributed by atoms with Crippen molar-refractivity contribution in [2.75, 3.05) is 0 Å². The van der Waals surface area contributed by atoms with Crippen LogP contribution in [0.2, 0.25) is 0 Å². The molecule has 3 nitrogen and oxygen atoms in total. The lowest BCUT2D eigenvalue weighted by Gasteiger charge is -2.16. The van der Waals surface area contributed by atoms with Crippen LogP contribution in [-0.2, 0) is 4.79 Å². The zero-order valence-electron chi connectivity index (χ0n) is 10.7. The van der Waals surface area contributed by atoms with Gasteiger partial charge in [-0.25, -0.2) is 0 Å². The molecule has 0 bridgehead atoms. The molecule has 2 aromatic rings. The summed E-state index contributed by atoms with van der Waals surface area (Å²) in [5.41, 5.74) is 6.63. The maximum atomic E-state index is 11.6. The van der Waals surface area contributed by atoms with Crippen LogP contribution in [0.1, 0.15) is 25.5 Å². The van der Waals surface area contributed by atoms with Gasteiger partial charge in [-0.1, -0.05) is 36.4 Å². The van der Waals surface area contributed by atoms with Gasteiger partial charge in [-0.15, -0.1) is 0 Å². The summed E-state index contributed by atoms with van der Waals surface area (Å²) in [6, 6.07) is 13.9. The second-order valence-electron chi connectivity index (χ2n) is 4.63. The third kappa shape index (κ3) is 2.68. The molecule has 0 saturated carbocycles. The molecule has 3 heteroatoms. The van der Waals surface area contributed by atoms with E-state index in [4.69, 9.17) is 5.73 Å². The number of carbonyl (C=O) groups is 1. The summed E-state index contributed by atoms with van der Waals surface area (Å²) in [6.45, 7) is 3.65. The molecule has 0 radical (unpaired) electrons. The van der Waals surface area contributed by atoms with Crippen molar-refractivity contribution >= 4 is 16.7 Å². The number of rotatable bonds is 3. The van der Waals surface area contributed by atoms with Crippen molar-refractivity contribution in [2.45, 2.75) is 25.9 Å². The van der Waals surface area contributed by atoms with Gasteiger partial charge in [0.05, 0.1) is 12.1 Å². The first-order valence-electron chi connectivity index (χ1n) is 6.12. The number of nitrogens with one attached hydrogen (secondary N) is 1. The largest absolute Gasteiger partial charge is 0.348 e. The van der Waals surface area contributed by atoms with Crippen LogP contribution < -0.4 is 11.1 Å². The minimum Gasteiger partial charge on any atom is -0.348 e. The molecule has 0 spiro atoms. The van der Waals surface area contributed by atoms with Crippen LogP contribution in [0.25, 0.3) is 10.8 Å². The van der Waals surface area contributed by atoms with Crippen molar-refractivity contribution in [1.82, 2.24) is 5.32 Å². The summed E-state index contributed by atoms with van der Waals surface area (Å²) in [5, 5.41) is 5.27. The van der Waals surface area contributed by atoms with E-state index in [0.717, 1.165) is 5.56 Å². The van der Waals surface area contributed by atoms with E-state index < -0.39 is 6.04 Å². The minimum absolute atomic E-state index is 0.0342. The Bertz CT molecular complexity index is 563. The summed E-state index contributed by atoms with van der Waals surface area (Å²) >= 11 is 0. The predicted octanol–water partition coefficient (Wildman–Crippen LogP) is 2.36. The molecule has 3 N–H and O–H groups in total. The Kier molecular flexibility index (Phi) is 3.63. The van der Waals surface area contributed by atoms with Gasteiger partial charge >= 0.3 is 0 Å². The molecule has 18 heavy (non-hydrogen) atoms. The lowest BCUT2D eigenvalue weighted by molar-refractivity contribution is -0.122. The van der Waals surface area contributed by atoms with Crippen LogP contribution in [0.15, 0.2) is 42.5 Å². The van der Waals surface area contributed by atoms with Crippen molar-refractivity contribution in [1.29, 1.82) is 0 Å². The Hall–Kier alpha value is -1.87. The monoisotopic (exact) mass is 242 g/mol. The van der Waals surface area contributed by atoms with Crippen LogP contribution in [0.5, 0.6) is 0 Å². The molecule has 2 aromatic carbocycles. The Morgan fingerprint density at radius 3 is 2.44 bits per heavy atom. The van der Waals surface area contributed by atoms with Crippen LogP contribution in [0, 0.1) is 0 Å². The zero-order chi connectivity index (χ0) is 13.1. The number of hydrogen-bond acceptors (Lipinski definition) is 2. The van der Waals surface area contributed by atoms with E-state index in [2.05, 4.69) is 29.6 Å². The molecule has 0 aliphatic heterocycles. The van der Waals surface area contributed by atoms with E-state index in [0.29, 0.717) is 0 Å². The fourth-order valence-corrected chi connectivity index (χ4v) is 1.91. The standard InChI is InChI=1S/C15H18N2O/c1-10(16)15(18)17-11(2)13-8-7-12-5-3-4-6-14(12)9-13/h3-11H,16H2,1-2H3,(H,17,18). The minimum atomic E-state index is -0.479. The van der Waals surface area contributed by atoms with Crippen molar-refractivity contribution in [3.63, 3.8) is 0 Å². The fourth-order valence-electron chi connectivity index (χ4n) is 1.91. The van der Waals surface area contributed by atoms with Gasteiger partial charge < -0.3 is 11.1 Å². The molecular formula is C15H18N2O. The molecule has 2 unspecified atom stereocenters. The highest BCUT2D eigenvalue weighted by Crippen LogP contribution is 2.20. The van der Waals surface area contributed by atoms with Crippen molar-refractivity contribution in [3.05, 3.63) is 48.0 Å².